The fourth-order valence-corrected chi connectivity index (χ4v) is 2.36. The molecule has 1 heterocycles. The lowest BCUT2D eigenvalue weighted by Gasteiger charge is -2.04. The lowest BCUT2D eigenvalue weighted by molar-refractivity contribution is 0.760. The zero-order valence-corrected chi connectivity index (χ0v) is 9.82. The first kappa shape index (κ1) is 11.4. The number of nitrogens with zero attached hydrogens (tertiary/aromatic N) is 2. The number of rotatable bonds is 5. The lowest BCUT2D eigenvalue weighted by atomic mass is 10.3. The molecule has 14 heavy (non-hydrogen) atoms. The summed E-state index contributed by atoms with van der Waals surface area (Å²) in [5.74, 6) is 8.53. The van der Waals surface area contributed by atoms with E-state index in [9.17, 15) is 0 Å². The summed E-state index contributed by atoms with van der Waals surface area (Å²) < 4.78 is 1.79. The molecule has 0 atom stereocenters. The maximum absolute atomic E-state index is 5.45. The van der Waals surface area contributed by atoms with Crippen molar-refractivity contribution in [1.82, 2.24) is 9.78 Å². The van der Waals surface area contributed by atoms with Crippen LogP contribution < -0.4 is 11.3 Å². The Morgan fingerprint density at radius 1 is 1.57 bits per heavy atom. The first-order valence-corrected chi connectivity index (χ1v) is 5.93. The fourth-order valence-electron chi connectivity index (χ4n) is 1.37. The standard InChI is InChI=1S/C9H18N4S/c1-4-5-14-6-8-7(2)12-13(3)9(8)11-10/h11H,4-6,10H2,1-3H3. The molecule has 0 aliphatic carbocycles. The Hall–Kier alpha value is -0.680. The second-order valence-corrected chi connectivity index (χ2v) is 4.34. The van der Waals surface area contributed by atoms with Crippen LogP contribution in [0.25, 0.3) is 0 Å². The van der Waals surface area contributed by atoms with Crippen LogP contribution >= 0.6 is 11.8 Å². The Morgan fingerprint density at radius 2 is 2.29 bits per heavy atom. The predicted molar refractivity (Wildman–Crippen MR) is 62.2 cm³/mol. The van der Waals surface area contributed by atoms with E-state index in [1.54, 1.807) is 4.68 Å². The largest absolute Gasteiger partial charge is 0.308 e. The summed E-state index contributed by atoms with van der Waals surface area (Å²) in [4.78, 5) is 0. The van der Waals surface area contributed by atoms with E-state index >= 15 is 0 Å². The van der Waals surface area contributed by atoms with Gasteiger partial charge in [-0.1, -0.05) is 6.92 Å². The minimum absolute atomic E-state index is 0.922. The molecule has 1 aromatic rings. The topological polar surface area (TPSA) is 55.9 Å². The Balaban J connectivity index is 2.73. The Bertz CT molecular complexity index is 295. The summed E-state index contributed by atoms with van der Waals surface area (Å²) in [5, 5.41) is 4.32. The van der Waals surface area contributed by atoms with Crippen LogP contribution in [-0.4, -0.2) is 15.5 Å². The molecule has 0 saturated carbocycles. The van der Waals surface area contributed by atoms with Gasteiger partial charge in [-0.05, 0) is 19.1 Å². The number of anilines is 1. The van der Waals surface area contributed by atoms with Crippen molar-refractivity contribution in [3.63, 3.8) is 0 Å². The number of aryl methyl sites for hydroxylation is 2. The highest BCUT2D eigenvalue weighted by Crippen LogP contribution is 2.23. The second-order valence-electron chi connectivity index (χ2n) is 3.23. The minimum atomic E-state index is 0.922. The first-order valence-electron chi connectivity index (χ1n) is 4.77. The summed E-state index contributed by atoms with van der Waals surface area (Å²) in [5.41, 5.74) is 4.97. The molecule has 0 saturated heterocycles. The van der Waals surface area contributed by atoms with Crippen LogP contribution in [0, 0.1) is 6.92 Å². The van der Waals surface area contributed by atoms with Crippen molar-refractivity contribution >= 4 is 17.6 Å². The maximum atomic E-state index is 5.45. The van der Waals surface area contributed by atoms with Crippen molar-refractivity contribution in [3.8, 4) is 0 Å². The Morgan fingerprint density at radius 3 is 2.86 bits per heavy atom. The Kier molecular flexibility index (Phi) is 4.28. The van der Waals surface area contributed by atoms with Gasteiger partial charge in [0.15, 0.2) is 0 Å². The normalized spacial score (nSPS) is 10.6. The molecule has 0 amide bonds. The van der Waals surface area contributed by atoms with Crippen LogP contribution in [-0.2, 0) is 12.8 Å². The summed E-state index contributed by atoms with van der Waals surface area (Å²) in [6.07, 6.45) is 1.20. The monoisotopic (exact) mass is 214 g/mol. The van der Waals surface area contributed by atoms with Crippen LogP contribution in [0.2, 0.25) is 0 Å². The van der Waals surface area contributed by atoms with Gasteiger partial charge in [0.25, 0.3) is 0 Å². The molecule has 0 bridgehead atoms. The molecule has 0 fully saturated rings. The highest BCUT2D eigenvalue weighted by atomic mass is 32.2. The van der Waals surface area contributed by atoms with Crippen molar-refractivity contribution in [2.24, 2.45) is 12.9 Å². The van der Waals surface area contributed by atoms with E-state index in [1.807, 2.05) is 25.7 Å². The number of hydrogen-bond donors (Lipinski definition) is 2. The average molecular weight is 214 g/mol. The molecule has 0 spiro atoms. The van der Waals surface area contributed by atoms with Crippen LogP contribution in [0.1, 0.15) is 24.6 Å². The van der Waals surface area contributed by atoms with E-state index in [4.69, 9.17) is 5.84 Å². The molecule has 0 aliphatic heterocycles. The highest BCUT2D eigenvalue weighted by Gasteiger charge is 2.11. The molecule has 0 aromatic carbocycles. The number of thioether (sulfide) groups is 1. The van der Waals surface area contributed by atoms with Crippen LogP contribution in [0.4, 0.5) is 5.82 Å². The van der Waals surface area contributed by atoms with E-state index in [1.165, 1.54) is 17.7 Å². The van der Waals surface area contributed by atoms with Gasteiger partial charge in [-0.3, -0.25) is 4.68 Å². The van der Waals surface area contributed by atoms with Gasteiger partial charge in [0.1, 0.15) is 5.82 Å². The van der Waals surface area contributed by atoms with Gasteiger partial charge in [0.2, 0.25) is 0 Å². The molecule has 1 rings (SSSR count). The Labute approximate surface area is 89.2 Å². The zero-order valence-electron chi connectivity index (χ0n) is 9.00. The molecule has 0 radical (unpaired) electrons. The van der Waals surface area contributed by atoms with E-state index in [0.29, 0.717) is 0 Å². The van der Waals surface area contributed by atoms with Crippen molar-refractivity contribution < 1.29 is 0 Å². The highest BCUT2D eigenvalue weighted by molar-refractivity contribution is 7.98. The van der Waals surface area contributed by atoms with Gasteiger partial charge in [-0.15, -0.1) is 0 Å². The third kappa shape index (κ3) is 2.42. The first-order chi connectivity index (χ1) is 6.70. The molecule has 1 aromatic heterocycles. The van der Waals surface area contributed by atoms with Crippen LogP contribution in [0.5, 0.6) is 0 Å². The third-order valence-electron chi connectivity index (χ3n) is 2.08. The van der Waals surface area contributed by atoms with E-state index in [0.717, 1.165) is 17.3 Å². The van der Waals surface area contributed by atoms with E-state index in [-0.39, 0.29) is 0 Å². The number of nitrogens with one attached hydrogen (secondary N) is 1. The van der Waals surface area contributed by atoms with Gasteiger partial charge in [0.05, 0.1) is 5.69 Å². The van der Waals surface area contributed by atoms with Gasteiger partial charge in [-0.25, -0.2) is 5.84 Å². The van der Waals surface area contributed by atoms with Crippen molar-refractivity contribution in [1.29, 1.82) is 0 Å². The fraction of sp³-hybridized carbons (Fsp3) is 0.667. The summed E-state index contributed by atoms with van der Waals surface area (Å²) in [6, 6.07) is 0. The quantitative estimate of drug-likeness (QED) is 0.444. The van der Waals surface area contributed by atoms with Gasteiger partial charge in [0, 0.05) is 18.4 Å². The third-order valence-corrected chi connectivity index (χ3v) is 3.27. The van der Waals surface area contributed by atoms with Gasteiger partial charge in [-0.2, -0.15) is 16.9 Å². The van der Waals surface area contributed by atoms with E-state index < -0.39 is 0 Å². The van der Waals surface area contributed by atoms with Gasteiger partial charge < -0.3 is 5.43 Å². The zero-order chi connectivity index (χ0) is 10.6. The molecule has 3 N–H and O–H groups in total. The smallest absolute Gasteiger partial charge is 0.142 e. The number of hydrazine groups is 1. The SMILES string of the molecule is CCCSCc1c(C)nn(C)c1NN. The predicted octanol–water partition coefficient (Wildman–Crippen LogP) is 1.66. The number of aromatic nitrogens is 2. The number of nitrogen functional groups attached to an aromatic ring is 1. The summed E-state index contributed by atoms with van der Waals surface area (Å²) in [6.45, 7) is 4.20. The molecule has 0 aliphatic rings. The molecule has 80 valence electrons. The number of nitrogens with two attached hydrogens (primary N) is 1. The van der Waals surface area contributed by atoms with E-state index in [2.05, 4.69) is 17.4 Å². The molecule has 4 nitrogen and oxygen atoms in total. The second kappa shape index (κ2) is 5.26. The molecule has 5 heteroatoms. The number of hydrogen-bond acceptors (Lipinski definition) is 4. The van der Waals surface area contributed by atoms with Crippen molar-refractivity contribution in [2.75, 3.05) is 11.2 Å². The minimum Gasteiger partial charge on any atom is -0.308 e. The maximum Gasteiger partial charge on any atom is 0.142 e. The summed E-state index contributed by atoms with van der Waals surface area (Å²) >= 11 is 1.91. The lowest BCUT2D eigenvalue weighted by Crippen LogP contribution is -2.12. The van der Waals surface area contributed by atoms with Crippen LogP contribution in [0.15, 0.2) is 0 Å². The average Bonchev–Trinajstić information content (AvgIpc) is 2.42. The van der Waals surface area contributed by atoms with Gasteiger partial charge >= 0.3 is 0 Å². The summed E-state index contributed by atoms with van der Waals surface area (Å²) in [7, 11) is 1.90. The van der Waals surface area contributed by atoms with Crippen molar-refractivity contribution in [3.05, 3.63) is 11.3 Å². The van der Waals surface area contributed by atoms with Crippen molar-refractivity contribution in [2.45, 2.75) is 26.0 Å². The molecular formula is C9H18N4S. The van der Waals surface area contributed by atoms with Crippen LogP contribution in [0.3, 0.4) is 0 Å². The molecule has 0 unspecified atom stereocenters. The molecular weight excluding hydrogens is 196 g/mol.